The maximum atomic E-state index is 13.1. The first-order valence-corrected chi connectivity index (χ1v) is 8.06. The summed E-state index contributed by atoms with van der Waals surface area (Å²) in [6.07, 6.45) is 4.23. The van der Waals surface area contributed by atoms with Crippen molar-refractivity contribution in [3.8, 4) is 5.75 Å². The molecular formula is C18H15F2N3O. The van der Waals surface area contributed by atoms with Gasteiger partial charge in [0.1, 0.15) is 11.6 Å². The number of aromatic nitrogens is 1. The monoisotopic (exact) mass is 327 g/mol. The largest absolute Gasteiger partial charge is 0.490 e. The zero-order valence-corrected chi connectivity index (χ0v) is 12.9. The number of benzene rings is 1. The van der Waals surface area contributed by atoms with Crippen LogP contribution in [0.15, 0.2) is 41.5 Å². The van der Waals surface area contributed by atoms with Crippen LogP contribution in [0.1, 0.15) is 24.0 Å². The minimum atomic E-state index is -2.60. The first-order chi connectivity index (χ1) is 11.6. The van der Waals surface area contributed by atoms with Gasteiger partial charge in [-0.25, -0.2) is 18.8 Å². The molecule has 122 valence electrons. The van der Waals surface area contributed by atoms with E-state index in [4.69, 9.17) is 4.74 Å². The lowest BCUT2D eigenvalue weighted by molar-refractivity contribution is -0.0267. The van der Waals surface area contributed by atoms with Gasteiger partial charge in [0, 0.05) is 17.3 Å². The predicted molar refractivity (Wildman–Crippen MR) is 86.8 cm³/mol. The van der Waals surface area contributed by atoms with E-state index in [-0.39, 0.29) is 13.1 Å². The maximum Gasteiger partial charge on any atom is 0.282 e. The Morgan fingerprint density at radius 1 is 1.12 bits per heavy atom. The Balaban J connectivity index is 1.39. The van der Waals surface area contributed by atoms with Gasteiger partial charge in [0.25, 0.3) is 5.92 Å². The first-order valence-electron chi connectivity index (χ1n) is 8.06. The number of hydrogen-bond acceptors (Lipinski definition) is 4. The van der Waals surface area contributed by atoms with E-state index < -0.39 is 5.92 Å². The lowest BCUT2D eigenvalue weighted by atomic mass is 9.95. The molecule has 0 unspecified atom stereocenters. The van der Waals surface area contributed by atoms with Gasteiger partial charge in [0.15, 0.2) is 0 Å². The number of halogens is 2. The summed E-state index contributed by atoms with van der Waals surface area (Å²) >= 11 is 0. The van der Waals surface area contributed by atoms with Crippen LogP contribution in [-0.2, 0) is 0 Å². The standard InChI is InChI=1S/C18H15F2N3O/c19-18(20)9-23(10-18)16-7-11(5-6-21-16)17-14-8-13(24-12-1-2-12)3-4-15(14)22-17/h3-8,12H,1-2,9-10H2. The zero-order chi connectivity index (χ0) is 16.3. The Bertz CT molecular complexity index is 853. The molecule has 0 N–H and O–H groups in total. The molecule has 1 aromatic heterocycles. The maximum absolute atomic E-state index is 13.1. The molecule has 2 aromatic rings. The summed E-state index contributed by atoms with van der Waals surface area (Å²) in [7, 11) is 0. The molecule has 1 saturated carbocycles. The number of alkyl halides is 2. The van der Waals surface area contributed by atoms with Crippen LogP contribution in [-0.4, -0.2) is 35.8 Å². The van der Waals surface area contributed by atoms with E-state index in [1.54, 1.807) is 11.1 Å². The Labute approximate surface area is 137 Å². The molecule has 0 atom stereocenters. The van der Waals surface area contributed by atoms with E-state index in [0.717, 1.165) is 41.1 Å². The van der Waals surface area contributed by atoms with Crippen molar-refractivity contribution in [3.05, 3.63) is 47.7 Å². The third-order valence-corrected chi connectivity index (χ3v) is 4.47. The van der Waals surface area contributed by atoms with Gasteiger partial charge in [-0.05, 0) is 43.2 Å². The Kier molecular flexibility index (Phi) is 2.75. The first kappa shape index (κ1) is 13.9. The van der Waals surface area contributed by atoms with Crippen molar-refractivity contribution in [2.75, 3.05) is 18.0 Å². The average molecular weight is 327 g/mol. The number of anilines is 1. The summed E-state index contributed by atoms with van der Waals surface area (Å²) in [6, 6.07) is 9.59. The van der Waals surface area contributed by atoms with Crippen LogP contribution in [0.2, 0.25) is 0 Å². The van der Waals surface area contributed by atoms with Gasteiger partial charge in [0.05, 0.1) is 30.6 Å². The number of nitrogens with zero attached hydrogens (tertiary/aromatic N) is 3. The Morgan fingerprint density at radius 3 is 2.71 bits per heavy atom. The van der Waals surface area contributed by atoms with Crippen LogP contribution >= 0.6 is 0 Å². The molecule has 1 saturated heterocycles. The number of rotatable bonds is 4. The normalized spacial score (nSPS) is 20.6. The second-order valence-corrected chi connectivity index (χ2v) is 6.57. The number of ether oxygens (including phenoxy) is 1. The molecule has 1 aromatic carbocycles. The topological polar surface area (TPSA) is 37.7 Å². The third kappa shape index (κ3) is 2.33. The smallest absolute Gasteiger partial charge is 0.282 e. The SMILES string of the molecule is FC1(F)CN(c2cc(C3=Nc4ccc(OC5CC5)cc43)ccn2)C1. The fraction of sp³-hybridized carbons (Fsp3) is 0.333. The van der Waals surface area contributed by atoms with E-state index in [1.807, 2.05) is 30.3 Å². The molecule has 3 aliphatic rings. The van der Waals surface area contributed by atoms with Crippen molar-refractivity contribution in [1.82, 2.24) is 4.98 Å². The van der Waals surface area contributed by atoms with Crippen molar-refractivity contribution in [2.45, 2.75) is 24.9 Å². The molecule has 3 heterocycles. The van der Waals surface area contributed by atoms with E-state index in [0.29, 0.717) is 11.9 Å². The highest BCUT2D eigenvalue weighted by molar-refractivity contribution is 6.22. The fourth-order valence-electron chi connectivity index (χ4n) is 3.01. The van der Waals surface area contributed by atoms with Gasteiger partial charge in [-0.2, -0.15) is 0 Å². The highest BCUT2D eigenvalue weighted by Gasteiger charge is 2.44. The van der Waals surface area contributed by atoms with Crippen molar-refractivity contribution in [1.29, 1.82) is 0 Å². The summed E-state index contributed by atoms with van der Waals surface area (Å²) in [4.78, 5) is 10.3. The summed E-state index contributed by atoms with van der Waals surface area (Å²) in [5, 5.41) is 0. The fourth-order valence-corrected chi connectivity index (χ4v) is 3.01. The van der Waals surface area contributed by atoms with E-state index in [2.05, 4.69) is 9.98 Å². The molecule has 2 aliphatic heterocycles. The van der Waals surface area contributed by atoms with Crippen molar-refractivity contribution in [3.63, 3.8) is 0 Å². The molecule has 0 bridgehead atoms. The molecule has 5 rings (SSSR count). The van der Waals surface area contributed by atoms with Gasteiger partial charge < -0.3 is 9.64 Å². The van der Waals surface area contributed by atoms with Gasteiger partial charge in [0.2, 0.25) is 0 Å². The van der Waals surface area contributed by atoms with Crippen LogP contribution in [0.5, 0.6) is 5.75 Å². The molecule has 0 amide bonds. The van der Waals surface area contributed by atoms with E-state index in [9.17, 15) is 8.78 Å². The summed E-state index contributed by atoms with van der Waals surface area (Å²) < 4.78 is 31.9. The molecule has 2 fully saturated rings. The molecule has 0 radical (unpaired) electrons. The minimum absolute atomic E-state index is 0.272. The molecule has 4 nitrogen and oxygen atoms in total. The number of hydrogen-bond donors (Lipinski definition) is 0. The lowest BCUT2D eigenvalue weighted by Gasteiger charge is -2.39. The number of aliphatic imine (C=N–C) groups is 1. The molecular weight excluding hydrogens is 312 g/mol. The van der Waals surface area contributed by atoms with E-state index in [1.165, 1.54) is 0 Å². The molecule has 6 heteroatoms. The number of fused-ring (bicyclic) bond motifs is 1. The van der Waals surface area contributed by atoms with Crippen molar-refractivity contribution < 1.29 is 13.5 Å². The van der Waals surface area contributed by atoms with Crippen molar-refractivity contribution in [2.24, 2.45) is 4.99 Å². The second-order valence-electron chi connectivity index (χ2n) is 6.57. The third-order valence-electron chi connectivity index (χ3n) is 4.47. The predicted octanol–water partition coefficient (Wildman–Crippen LogP) is 3.56. The quantitative estimate of drug-likeness (QED) is 0.735. The molecule has 24 heavy (non-hydrogen) atoms. The van der Waals surface area contributed by atoms with E-state index >= 15 is 0 Å². The van der Waals surface area contributed by atoms with Gasteiger partial charge in [-0.1, -0.05) is 0 Å². The molecule has 0 spiro atoms. The summed E-state index contributed by atoms with van der Waals surface area (Å²) in [6.45, 7) is -0.544. The van der Waals surface area contributed by atoms with Gasteiger partial charge in [-0.15, -0.1) is 0 Å². The van der Waals surface area contributed by atoms with Crippen LogP contribution in [0.4, 0.5) is 20.3 Å². The zero-order valence-electron chi connectivity index (χ0n) is 12.9. The average Bonchev–Trinajstić information content (AvgIpc) is 3.32. The second kappa shape index (κ2) is 4.75. The van der Waals surface area contributed by atoms with Gasteiger partial charge >= 0.3 is 0 Å². The Hall–Kier alpha value is -2.50. The minimum Gasteiger partial charge on any atom is -0.490 e. The van der Waals surface area contributed by atoms with Crippen LogP contribution in [0.25, 0.3) is 0 Å². The van der Waals surface area contributed by atoms with Crippen LogP contribution in [0.3, 0.4) is 0 Å². The highest BCUT2D eigenvalue weighted by Crippen LogP contribution is 2.38. The highest BCUT2D eigenvalue weighted by atomic mass is 19.3. The van der Waals surface area contributed by atoms with Gasteiger partial charge in [-0.3, -0.25) is 0 Å². The summed E-state index contributed by atoms with van der Waals surface area (Å²) in [5.74, 6) is -1.17. The Morgan fingerprint density at radius 2 is 1.96 bits per heavy atom. The lowest BCUT2D eigenvalue weighted by Crippen LogP contribution is -2.56. The number of pyridine rings is 1. The van der Waals surface area contributed by atoms with Crippen LogP contribution in [0, 0.1) is 0 Å². The molecule has 1 aliphatic carbocycles. The summed E-state index contributed by atoms with van der Waals surface area (Å²) in [5.41, 5.74) is 3.73. The van der Waals surface area contributed by atoms with Crippen molar-refractivity contribution >= 4 is 17.2 Å². The van der Waals surface area contributed by atoms with Crippen LogP contribution < -0.4 is 9.64 Å².